The molecule has 0 spiro atoms. The van der Waals surface area contributed by atoms with Gasteiger partial charge in [0.2, 0.25) is 5.91 Å². The molecule has 7 heteroatoms. The van der Waals surface area contributed by atoms with Crippen LogP contribution in [0.5, 0.6) is 0 Å². The van der Waals surface area contributed by atoms with Crippen LogP contribution in [-0.2, 0) is 4.79 Å². The van der Waals surface area contributed by atoms with Crippen molar-refractivity contribution in [2.45, 2.75) is 32.0 Å². The average molecular weight is 293 g/mol. The summed E-state index contributed by atoms with van der Waals surface area (Å²) in [5.41, 5.74) is 0. The minimum Gasteiger partial charge on any atom is -0.329 e. The number of piperazine rings is 1. The van der Waals surface area contributed by atoms with E-state index in [1.807, 2.05) is 4.90 Å². The molecule has 1 atom stereocenters. The molecular weight excluding hydrogens is 271 g/mol. The minimum atomic E-state index is -4.33. The van der Waals surface area contributed by atoms with Gasteiger partial charge in [0.05, 0.1) is 6.54 Å². The zero-order chi connectivity index (χ0) is 14.8. The number of hydrogen-bond donors (Lipinski definition) is 1. The Morgan fingerprint density at radius 2 is 1.95 bits per heavy atom. The molecule has 1 amide bonds. The summed E-state index contributed by atoms with van der Waals surface area (Å²) in [4.78, 5) is 15.2. The highest BCUT2D eigenvalue weighted by molar-refractivity contribution is 5.78. The second-order valence-electron chi connectivity index (χ2n) is 5.74. The summed E-state index contributed by atoms with van der Waals surface area (Å²) in [6.07, 6.45) is -2.48. The molecule has 0 radical (unpaired) electrons. The Balaban J connectivity index is 1.94. The maximum absolute atomic E-state index is 12.7. The number of rotatable bonds is 5. The number of alkyl halides is 3. The molecule has 2 rings (SSSR count). The zero-order valence-corrected chi connectivity index (χ0v) is 11.7. The van der Waals surface area contributed by atoms with E-state index in [9.17, 15) is 18.0 Å². The van der Waals surface area contributed by atoms with Gasteiger partial charge in [0.15, 0.2) is 0 Å². The van der Waals surface area contributed by atoms with Gasteiger partial charge < -0.3 is 10.2 Å². The molecule has 0 bridgehead atoms. The molecular formula is C13H22F3N3O. The number of hydrogen-bond acceptors (Lipinski definition) is 3. The average Bonchev–Trinajstić information content (AvgIpc) is 3.19. The first kappa shape index (κ1) is 15.6. The molecule has 116 valence electrons. The molecule has 1 saturated heterocycles. The van der Waals surface area contributed by atoms with Gasteiger partial charge in [0, 0.05) is 32.2 Å². The van der Waals surface area contributed by atoms with Crippen molar-refractivity contribution >= 4 is 5.91 Å². The van der Waals surface area contributed by atoms with E-state index in [2.05, 4.69) is 5.32 Å². The smallest absolute Gasteiger partial charge is 0.329 e. The van der Waals surface area contributed by atoms with Gasteiger partial charge in [-0.1, -0.05) is 0 Å². The van der Waals surface area contributed by atoms with E-state index < -0.39 is 18.6 Å². The lowest BCUT2D eigenvalue weighted by atomic mass is 10.1. The van der Waals surface area contributed by atoms with Crippen molar-refractivity contribution in [3.8, 4) is 0 Å². The molecule has 4 nitrogen and oxygen atoms in total. The van der Waals surface area contributed by atoms with Gasteiger partial charge in [0.1, 0.15) is 6.54 Å². The van der Waals surface area contributed by atoms with E-state index in [-0.39, 0.29) is 18.5 Å². The summed E-state index contributed by atoms with van der Waals surface area (Å²) < 4.78 is 38.0. The van der Waals surface area contributed by atoms with Crippen molar-refractivity contribution in [3.63, 3.8) is 0 Å². The lowest BCUT2D eigenvalue weighted by molar-refractivity contribution is -0.166. The summed E-state index contributed by atoms with van der Waals surface area (Å²) in [6.45, 7) is 3.69. The summed E-state index contributed by atoms with van der Waals surface area (Å²) in [6, 6.07) is -0.313. The van der Waals surface area contributed by atoms with Crippen molar-refractivity contribution in [2.24, 2.45) is 5.92 Å². The van der Waals surface area contributed by atoms with Gasteiger partial charge in [-0.15, -0.1) is 0 Å². The van der Waals surface area contributed by atoms with Crippen molar-refractivity contribution in [1.82, 2.24) is 15.1 Å². The maximum atomic E-state index is 12.7. The van der Waals surface area contributed by atoms with E-state index in [0.717, 1.165) is 30.8 Å². The highest BCUT2D eigenvalue weighted by Crippen LogP contribution is 2.36. The zero-order valence-electron chi connectivity index (χ0n) is 11.7. The van der Waals surface area contributed by atoms with E-state index in [1.54, 1.807) is 6.92 Å². The second-order valence-corrected chi connectivity index (χ2v) is 5.74. The highest BCUT2D eigenvalue weighted by atomic mass is 19.4. The van der Waals surface area contributed by atoms with Crippen LogP contribution in [0.25, 0.3) is 0 Å². The molecule has 0 aromatic carbocycles. The summed E-state index contributed by atoms with van der Waals surface area (Å²) in [5.74, 6) is -0.159. The molecule has 1 heterocycles. The standard InChI is InChI=1S/C13H22F3N3O/c1-10(11-2-3-11)19(9-13(14,15)16)12(20)8-18-6-4-17-5-7-18/h10-11,17H,2-9H2,1H3. The van der Waals surface area contributed by atoms with Gasteiger partial charge in [-0.2, -0.15) is 13.2 Å². The Kier molecular flexibility index (Phi) is 4.90. The third-order valence-electron chi connectivity index (χ3n) is 4.03. The Hall–Kier alpha value is -0.820. The number of carbonyl (C=O) groups is 1. The molecule has 0 aromatic heterocycles. The largest absolute Gasteiger partial charge is 0.406 e. The van der Waals surface area contributed by atoms with Crippen molar-refractivity contribution in [3.05, 3.63) is 0 Å². The maximum Gasteiger partial charge on any atom is 0.406 e. The Morgan fingerprint density at radius 3 is 2.45 bits per heavy atom. The van der Waals surface area contributed by atoms with Crippen LogP contribution in [0.15, 0.2) is 0 Å². The SMILES string of the molecule is CC(C1CC1)N(CC(F)(F)F)C(=O)CN1CCNCC1. The molecule has 2 aliphatic rings. The van der Waals surface area contributed by atoms with Gasteiger partial charge in [-0.25, -0.2) is 0 Å². The second kappa shape index (κ2) is 6.30. The van der Waals surface area contributed by atoms with E-state index in [0.29, 0.717) is 13.1 Å². The van der Waals surface area contributed by atoms with Gasteiger partial charge in [0.25, 0.3) is 0 Å². The summed E-state index contributed by atoms with van der Waals surface area (Å²) in [7, 11) is 0. The Bertz CT molecular complexity index is 338. The van der Waals surface area contributed by atoms with Crippen LogP contribution in [0.2, 0.25) is 0 Å². The monoisotopic (exact) mass is 293 g/mol. The van der Waals surface area contributed by atoms with Crippen LogP contribution in [0.3, 0.4) is 0 Å². The minimum absolute atomic E-state index is 0.0921. The molecule has 1 aliphatic heterocycles. The van der Waals surface area contributed by atoms with Crippen LogP contribution in [0, 0.1) is 5.92 Å². The van der Waals surface area contributed by atoms with Crippen LogP contribution in [-0.4, -0.2) is 67.2 Å². The first-order chi connectivity index (χ1) is 9.37. The predicted molar refractivity (Wildman–Crippen MR) is 69.3 cm³/mol. The quantitative estimate of drug-likeness (QED) is 0.824. The van der Waals surface area contributed by atoms with Crippen molar-refractivity contribution in [2.75, 3.05) is 39.3 Å². The fraction of sp³-hybridized carbons (Fsp3) is 0.923. The molecule has 1 aliphatic carbocycles. The van der Waals surface area contributed by atoms with Gasteiger partial charge in [-0.05, 0) is 25.7 Å². The fourth-order valence-corrected chi connectivity index (χ4v) is 2.64. The first-order valence-corrected chi connectivity index (χ1v) is 7.16. The third-order valence-corrected chi connectivity index (χ3v) is 4.03. The molecule has 2 fully saturated rings. The third kappa shape index (κ3) is 4.63. The number of halogens is 3. The molecule has 20 heavy (non-hydrogen) atoms. The number of nitrogens with one attached hydrogen (secondary N) is 1. The fourth-order valence-electron chi connectivity index (χ4n) is 2.64. The molecule has 1 N–H and O–H groups in total. The van der Waals surface area contributed by atoms with Crippen LogP contribution in [0.1, 0.15) is 19.8 Å². The summed E-state index contributed by atoms with van der Waals surface area (Å²) >= 11 is 0. The topological polar surface area (TPSA) is 35.6 Å². The predicted octanol–water partition coefficient (Wildman–Crippen LogP) is 1.08. The normalized spacial score (nSPS) is 22.6. The van der Waals surface area contributed by atoms with Crippen LogP contribution in [0.4, 0.5) is 13.2 Å². The Morgan fingerprint density at radius 1 is 1.35 bits per heavy atom. The number of nitrogens with zero attached hydrogens (tertiary/aromatic N) is 2. The molecule has 0 aromatic rings. The Labute approximate surface area is 117 Å². The molecule has 1 saturated carbocycles. The van der Waals surface area contributed by atoms with E-state index >= 15 is 0 Å². The van der Waals surface area contributed by atoms with Gasteiger partial charge in [-0.3, -0.25) is 9.69 Å². The van der Waals surface area contributed by atoms with Crippen molar-refractivity contribution < 1.29 is 18.0 Å². The van der Waals surface area contributed by atoms with E-state index in [4.69, 9.17) is 0 Å². The highest BCUT2D eigenvalue weighted by Gasteiger charge is 2.40. The number of carbonyl (C=O) groups excluding carboxylic acids is 1. The lowest BCUT2D eigenvalue weighted by Crippen LogP contribution is -2.52. The first-order valence-electron chi connectivity index (χ1n) is 7.16. The van der Waals surface area contributed by atoms with E-state index in [1.165, 1.54) is 0 Å². The molecule has 1 unspecified atom stereocenters. The number of amides is 1. The van der Waals surface area contributed by atoms with Crippen LogP contribution < -0.4 is 5.32 Å². The van der Waals surface area contributed by atoms with Crippen LogP contribution >= 0.6 is 0 Å². The van der Waals surface area contributed by atoms with Crippen molar-refractivity contribution in [1.29, 1.82) is 0 Å². The lowest BCUT2D eigenvalue weighted by Gasteiger charge is -2.33. The van der Waals surface area contributed by atoms with Gasteiger partial charge >= 0.3 is 6.18 Å². The summed E-state index contributed by atoms with van der Waals surface area (Å²) in [5, 5.41) is 3.16.